The van der Waals surface area contributed by atoms with Gasteiger partial charge in [-0.3, -0.25) is 20.1 Å². The standard InChI is InChI=1S/C26H23ClF2N6O3/c1-25(2,3)38-24(37)33-22-23-32-21(27)19(11-30)35(23)13-26(4,34-22)16-9-14(5-7-17(16)29)10-20(36)18-8-6-15(28)12-31-18/h5-9,12H,10,13H2,1-4H3,(H,33,34,37). The SMILES string of the molecule is CC(C)(C)OC(=O)NC1=NC(C)(c2cc(CC(=O)c3ccc(F)cn3)ccc2F)Cn2c1nc(Cl)c2C#N. The van der Waals surface area contributed by atoms with Crippen LogP contribution in [-0.2, 0) is 23.2 Å². The van der Waals surface area contributed by atoms with Gasteiger partial charge < -0.3 is 9.30 Å². The van der Waals surface area contributed by atoms with Crippen molar-refractivity contribution >= 4 is 29.3 Å². The number of nitriles is 1. The van der Waals surface area contributed by atoms with Crippen LogP contribution in [0, 0.1) is 23.0 Å². The molecule has 3 aromatic rings. The molecule has 0 fully saturated rings. The molecule has 0 spiro atoms. The van der Waals surface area contributed by atoms with Gasteiger partial charge in [-0.25, -0.2) is 18.6 Å². The number of carbonyl (C=O) groups is 2. The number of rotatable bonds is 4. The Balaban J connectivity index is 1.74. The number of imidazole rings is 1. The first-order valence-electron chi connectivity index (χ1n) is 11.5. The number of alkyl carbamates (subject to hydrolysis) is 1. The number of ketones is 1. The number of nitrogens with one attached hydrogen (secondary N) is 1. The van der Waals surface area contributed by atoms with Crippen molar-refractivity contribution in [2.45, 2.75) is 51.8 Å². The molecule has 1 amide bonds. The molecule has 0 saturated heterocycles. The number of benzene rings is 1. The van der Waals surface area contributed by atoms with Crippen LogP contribution in [0.15, 0.2) is 41.5 Å². The highest BCUT2D eigenvalue weighted by atomic mass is 35.5. The summed E-state index contributed by atoms with van der Waals surface area (Å²) in [4.78, 5) is 37.8. The lowest BCUT2D eigenvalue weighted by Gasteiger charge is -2.33. The predicted molar refractivity (Wildman–Crippen MR) is 134 cm³/mol. The van der Waals surface area contributed by atoms with E-state index in [1.807, 2.05) is 6.07 Å². The molecular formula is C26H23ClF2N6O3. The van der Waals surface area contributed by atoms with E-state index in [2.05, 4.69) is 20.3 Å². The molecule has 4 rings (SSSR count). The van der Waals surface area contributed by atoms with E-state index in [1.54, 1.807) is 27.7 Å². The van der Waals surface area contributed by atoms with E-state index in [0.29, 0.717) is 5.56 Å². The maximum absolute atomic E-state index is 15.2. The number of carbonyl (C=O) groups excluding carboxylic acids is 2. The summed E-state index contributed by atoms with van der Waals surface area (Å²) in [5, 5.41) is 12.1. The van der Waals surface area contributed by atoms with Gasteiger partial charge in [0.2, 0.25) is 0 Å². The van der Waals surface area contributed by atoms with Gasteiger partial charge in [0.15, 0.2) is 28.3 Å². The van der Waals surface area contributed by atoms with Crippen molar-refractivity contribution in [1.29, 1.82) is 5.26 Å². The summed E-state index contributed by atoms with van der Waals surface area (Å²) in [6.45, 7) is 6.66. The van der Waals surface area contributed by atoms with Gasteiger partial charge in [0.05, 0.1) is 12.7 Å². The first kappa shape index (κ1) is 26.9. The van der Waals surface area contributed by atoms with Crippen LogP contribution in [-0.4, -0.2) is 37.8 Å². The summed E-state index contributed by atoms with van der Waals surface area (Å²) < 4.78 is 35.2. The van der Waals surface area contributed by atoms with E-state index >= 15 is 4.39 Å². The summed E-state index contributed by atoms with van der Waals surface area (Å²) in [6.07, 6.45) is -0.00220. The zero-order valence-electron chi connectivity index (χ0n) is 21.0. The fraction of sp³-hybridized carbons (Fsp3) is 0.308. The van der Waals surface area contributed by atoms with Gasteiger partial charge in [0.1, 0.15) is 34.5 Å². The number of aromatic nitrogens is 3. The fourth-order valence-electron chi connectivity index (χ4n) is 4.05. The molecule has 1 aliphatic rings. The number of ether oxygens (including phenoxy) is 1. The quantitative estimate of drug-likeness (QED) is 0.478. The van der Waals surface area contributed by atoms with Crippen LogP contribution >= 0.6 is 11.6 Å². The lowest BCUT2D eigenvalue weighted by Crippen LogP contribution is -2.44. The molecular weight excluding hydrogens is 518 g/mol. The third kappa shape index (κ3) is 5.55. The minimum atomic E-state index is -1.34. The summed E-state index contributed by atoms with van der Waals surface area (Å²) in [6, 6.07) is 8.53. The third-order valence-electron chi connectivity index (χ3n) is 5.68. The molecule has 0 radical (unpaired) electrons. The van der Waals surface area contributed by atoms with Crippen molar-refractivity contribution in [3.63, 3.8) is 0 Å². The molecule has 12 heteroatoms. The molecule has 3 heterocycles. The Bertz CT molecular complexity index is 1500. The van der Waals surface area contributed by atoms with Crippen molar-refractivity contribution in [3.8, 4) is 6.07 Å². The van der Waals surface area contributed by atoms with Crippen molar-refractivity contribution < 1.29 is 23.1 Å². The van der Waals surface area contributed by atoms with E-state index in [0.717, 1.165) is 12.3 Å². The van der Waals surface area contributed by atoms with E-state index in [4.69, 9.17) is 16.3 Å². The second-order valence-corrected chi connectivity index (χ2v) is 10.3. The van der Waals surface area contributed by atoms with Gasteiger partial charge >= 0.3 is 6.09 Å². The number of nitrogens with zero attached hydrogens (tertiary/aromatic N) is 5. The van der Waals surface area contributed by atoms with Crippen LogP contribution in [0.2, 0.25) is 5.15 Å². The highest BCUT2D eigenvalue weighted by Crippen LogP contribution is 2.36. The largest absolute Gasteiger partial charge is 0.444 e. The number of fused-ring (bicyclic) bond motifs is 1. The van der Waals surface area contributed by atoms with Crippen LogP contribution in [0.4, 0.5) is 13.6 Å². The lowest BCUT2D eigenvalue weighted by molar-refractivity contribution is 0.0562. The number of amidine groups is 1. The molecule has 1 aliphatic heterocycles. The predicted octanol–water partition coefficient (Wildman–Crippen LogP) is 4.71. The number of hydrogen-bond donors (Lipinski definition) is 1. The monoisotopic (exact) mass is 540 g/mol. The lowest BCUT2D eigenvalue weighted by atomic mass is 9.88. The Kier molecular flexibility index (Phi) is 7.04. The average Bonchev–Trinajstić information content (AvgIpc) is 3.14. The summed E-state index contributed by atoms with van der Waals surface area (Å²) in [7, 11) is 0. The first-order chi connectivity index (χ1) is 17.8. The first-order valence-corrected chi connectivity index (χ1v) is 11.9. The third-order valence-corrected chi connectivity index (χ3v) is 5.94. The van der Waals surface area contributed by atoms with Crippen molar-refractivity contribution in [1.82, 2.24) is 19.9 Å². The molecule has 1 N–H and O–H groups in total. The molecule has 0 aliphatic carbocycles. The molecule has 196 valence electrons. The molecule has 0 bridgehead atoms. The van der Waals surface area contributed by atoms with Gasteiger partial charge in [-0.1, -0.05) is 17.7 Å². The minimum Gasteiger partial charge on any atom is -0.444 e. The maximum Gasteiger partial charge on any atom is 0.413 e. The van der Waals surface area contributed by atoms with E-state index in [9.17, 15) is 19.2 Å². The number of halogens is 3. The van der Waals surface area contributed by atoms with E-state index in [-0.39, 0.29) is 52.5 Å². The maximum atomic E-state index is 15.2. The Morgan fingerprint density at radius 2 is 2.00 bits per heavy atom. The Morgan fingerprint density at radius 3 is 2.63 bits per heavy atom. The number of aliphatic imine (C=N–C) groups is 1. The molecule has 1 aromatic carbocycles. The Morgan fingerprint density at radius 1 is 1.26 bits per heavy atom. The normalized spacial score (nSPS) is 16.7. The van der Waals surface area contributed by atoms with Crippen LogP contribution < -0.4 is 5.32 Å². The topological polar surface area (TPSA) is 122 Å². The van der Waals surface area contributed by atoms with Gasteiger partial charge in [0, 0.05) is 12.0 Å². The molecule has 0 saturated carbocycles. The van der Waals surface area contributed by atoms with Gasteiger partial charge in [0.25, 0.3) is 0 Å². The van der Waals surface area contributed by atoms with Gasteiger partial charge in [-0.05, 0) is 57.5 Å². The summed E-state index contributed by atoms with van der Waals surface area (Å²) in [5.74, 6) is -1.52. The highest BCUT2D eigenvalue weighted by molar-refractivity contribution is 6.30. The number of Topliss-reactive ketones (excluding diaryl/α,β-unsaturated/α-hetero) is 1. The zero-order valence-corrected chi connectivity index (χ0v) is 21.7. The summed E-state index contributed by atoms with van der Waals surface area (Å²) >= 11 is 6.17. The van der Waals surface area contributed by atoms with Crippen LogP contribution in [0.1, 0.15) is 60.8 Å². The van der Waals surface area contributed by atoms with E-state index in [1.165, 1.54) is 28.8 Å². The Labute approximate surface area is 222 Å². The smallest absolute Gasteiger partial charge is 0.413 e. The number of amides is 1. The van der Waals surface area contributed by atoms with Gasteiger partial charge in [-0.2, -0.15) is 5.26 Å². The number of pyridine rings is 1. The number of hydrogen-bond acceptors (Lipinski definition) is 7. The molecule has 1 atom stereocenters. The summed E-state index contributed by atoms with van der Waals surface area (Å²) in [5.41, 5.74) is -1.49. The van der Waals surface area contributed by atoms with Crippen LogP contribution in [0.25, 0.3) is 0 Å². The second kappa shape index (κ2) is 9.95. The Hall–Kier alpha value is -4.17. The molecule has 9 nitrogen and oxygen atoms in total. The van der Waals surface area contributed by atoms with Crippen LogP contribution in [0.5, 0.6) is 0 Å². The molecule has 2 aromatic heterocycles. The second-order valence-electron chi connectivity index (χ2n) is 9.91. The van der Waals surface area contributed by atoms with Gasteiger partial charge in [-0.15, -0.1) is 0 Å². The zero-order chi connectivity index (χ0) is 27.8. The van der Waals surface area contributed by atoms with Crippen molar-refractivity contribution in [2.24, 2.45) is 4.99 Å². The van der Waals surface area contributed by atoms with Crippen LogP contribution in [0.3, 0.4) is 0 Å². The van der Waals surface area contributed by atoms with Crippen molar-refractivity contribution in [3.05, 3.63) is 81.7 Å². The minimum absolute atomic E-state index is 0.0143. The van der Waals surface area contributed by atoms with Crippen molar-refractivity contribution in [2.75, 3.05) is 0 Å². The van der Waals surface area contributed by atoms with E-state index < -0.39 is 28.9 Å². The molecule has 1 unspecified atom stereocenters. The highest BCUT2D eigenvalue weighted by Gasteiger charge is 2.39. The fourth-order valence-corrected chi connectivity index (χ4v) is 4.27. The average molecular weight is 541 g/mol. The molecule has 38 heavy (non-hydrogen) atoms.